The Morgan fingerprint density at radius 2 is 1.83 bits per heavy atom. The second-order valence-corrected chi connectivity index (χ2v) is 13.4. The van der Waals surface area contributed by atoms with Gasteiger partial charge in [-0.1, -0.05) is 85.3 Å². The molecule has 1 N–H and O–H groups in total. The lowest BCUT2D eigenvalue weighted by molar-refractivity contribution is -0.132. The number of aryl methyl sites for hydroxylation is 2. The van der Waals surface area contributed by atoms with Crippen molar-refractivity contribution in [3.05, 3.63) is 101 Å². The van der Waals surface area contributed by atoms with Crippen LogP contribution in [0.1, 0.15) is 60.3 Å². The summed E-state index contributed by atoms with van der Waals surface area (Å²) in [5.74, 6) is -0.358. The maximum absolute atomic E-state index is 13.9. The minimum absolute atomic E-state index is 0.0912. The Morgan fingerprint density at radius 3 is 2.57 bits per heavy atom. The third kappa shape index (κ3) is 6.35. The summed E-state index contributed by atoms with van der Waals surface area (Å²) in [7, 11) is 1.54. The number of aliphatic hydroxyl groups excluding tert-OH is 1. The molecule has 1 atom stereocenters. The molecule has 4 heterocycles. The molecule has 1 saturated heterocycles. The lowest BCUT2D eigenvalue weighted by Crippen LogP contribution is -2.29. The van der Waals surface area contributed by atoms with Crippen LogP contribution in [-0.2, 0) is 15.3 Å². The van der Waals surface area contributed by atoms with Crippen molar-refractivity contribution in [3.63, 3.8) is 0 Å². The number of nitrogens with zero attached hydrogens (tertiary/aromatic N) is 5. The van der Waals surface area contributed by atoms with E-state index >= 15 is 0 Å². The molecule has 1 fully saturated rings. The van der Waals surface area contributed by atoms with Crippen molar-refractivity contribution < 1.29 is 24.2 Å². The Bertz CT molecular complexity index is 1970. The smallest absolute Gasteiger partial charge is 0.301 e. The van der Waals surface area contributed by atoms with Crippen LogP contribution in [0, 0.1) is 13.8 Å². The molecular weight excluding hydrogens is 635 g/mol. The second kappa shape index (κ2) is 14.0. The van der Waals surface area contributed by atoms with Crippen molar-refractivity contribution in [1.29, 1.82) is 0 Å². The summed E-state index contributed by atoms with van der Waals surface area (Å²) in [5, 5.41) is 20.8. The molecule has 1 amide bonds. The Morgan fingerprint density at radius 1 is 1.02 bits per heavy atom. The monoisotopic (exact) mass is 669 g/mol. The number of ketones is 1. The molecule has 5 aromatic rings. The number of benzene rings is 2. The van der Waals surface area contributed by atoms with Crippen molar-refractivity contribution in [2.24, 2.45) is 0 Å². The van der Waals surface area contributed by atoms with Crippen LogP contribution in [0.5, 0.6) is 11.5 Å². The molecule has 12 heteroatoms. The van der Waals surface area contributed by atoms with Gasteiger partial charge in [-0.15, -0.1) is 10.2 Å². The standard InChI is InChI=1S/C35H35N5O5S2/c1-5-6-10-18-45-25-16-15-24(19-26(25)44-4)29-27(30(41)28-22(3)39-17-11-12-21(2)32(39)36-28)31(42)33(43)40(29)34-37-38-35(47-34)46-20-23-13-8-7-9-14-23/h7-9,11-17,19,29,41H,5-6,10,18,20H2,1-4H3. The number of carbonyl (C=O) groups excluding carboxylic acids is 2. The SMILES string of the molecule is CCCCCOc1ccc(C2C(=C(O)c3nc4c(C)cccn4c3C)C(=O)C(=O)N2c2nnc(SCc3ccccc3)s2)cc1OC. The minimum atomic E-state index is -1.02. The van der Waals surface area contributed by atoms with Gasteiger partial charge >= 0.3 is 5.91 Å². The summed E-state index contributed by atoms with van der Waals surface area (Å²) < 4.78 is 14.2. The quantitative estimate of drug-likeness (QED) is 0.0365. The molecule has 1 aliphatic heterocycles. The first-order valence-electron chi connectivity index (χ1n) is 15.4. The number of amides is 1. The first kappa shape index (κ1) is 32.3. The number of unbranched alkanes of at least 4 members (excludes halogenated alkanes) is 2. The summed E-state index contributed by atoms with van der Waals surface area (Å²) in [6.07, 6.45) is 4.87. The number of anilines is 1. The highest BCUT2D eigenvalue weighted by molar-refractivity contribution is 8.00. The summed E-state index contributed by atoms with van der Waals surface area (Å²) in [4.78, 5) is 33.7. The van der Waals surface area contributed by atoms with Crippen molar-refractivity contribution in [2.45, 2.75) is 56.2 Å². The van der Waals surface area contributed by atoms with E-state index in [2.05, 4.69) is 17.1 Å². The first-order valence-corrected chi connectivity index (χ1v) is 17.2. The number of aromatic nitrogens is 4. The third-order valence-corrected chi connectivity index (χ3v) is 10.2. The van der Waals surface area contributed by atoms with Crippen LogP contribution < -0.4 is 14.4 Å². The molecule has 47 heavy (non-hydrogen) atoms. The van der Waals surface area contributed by atoms with E-state index in [9.17, 15) is 14.7 Å². The Balaban J connectivity index is 1.44. The van der Waals surface area contributed by atoms with Gasteiger partial charge in [0, 0.05) is 11.9 Å². The Labute approximate surface area is 281 Å². The average Bonchev–Trinajstić information content (AvgIpc) is 3.77. The van der Waals surface area contributed by atoms with Gasteiger partial charge in [0.1, 0.15) is 11.3 Å². The lowest BCUT2D eigenvalue weighted by Gasteiger charge is -2.23. The van der Waals surface area contributed by atoms with E-state index in [-0.39, 0.29) is 22.2 Å². The molecule has 2 aromatic carbocycles. The van der Waals surface area contributed by atoms with Crippen molar-refractivity contribution >= 4 is 51.3 Å². The summed E-state index contributed by atoms with van der Waals surface area (Å²) in [6.45, 7) is 6.40. The highest BCUT2D eigenvalue weighted by Crippen LogP contribution is 2.46. The zero-order valence-electron chi connectivity index (χ0n) is 26.6. The highest BCUT2D eigenvalue weighted by atomic mass is 32.2. The van der Waals surface area contributed by atoms with Crippen LogP contribution in [0.2, 0.25) is 0 Å². The summed E-state index contributed by atoms with van der Waals surface area (Å²) in [5.41, 5.74) is 3.97. The first-order chi connectivity index (χ1) is 22.8. The number of fused-ring (bicyclic) bond motifs is 1. The Kier molecular flexibility index (Phi) is 9.60. The van der Waals surface area contributed by atoms with E-state index in [0.717, 1.165) is 30.4 Å². The number of rotatable bonds is 12. The van der Waals surface area contributed by atoms with Crippen molar-refractivity contribution in [1.82, 2.24) is 19.6 Å². The Hall–Kier alpha value is -4.68. The number of carbonyl (C=O) groups is 2. The van der Waals surface area contributed by atoms with Gasteiger partial charge in [-0.2, -0.15) is 0 Å². The van der Waals surface area contributed by atoms with Crippen LogP contribution in [0.4, 0.5) is 5.13 Å². The fraction of sp³-hybridized carbons (Fsp3) is 0.286. The zero-order chi connectivity index (χ0) is 33.1. The van der Waals surface area contributed by atoms with Gasteiger partial charge in [0.05, 0.1) is 31.0 Å². The molecule has 242 valence electrons. The summed E-state index contributed by atoms with van der Waals surface area (Å²) >= 11 is 2.71. The molecule has 1 aliphatic rings. The third-order valence-electron chi connectivity index (χ3n) is 8.07. The van der Waals surface area contributed by atoms with Crippen LogP contribution in [0.3, 0.4) is 0 Å². The van der Waals surface area contributed by atoms with Crippen LogP contribution in [-0.4, -0.2) is 50.1 Å². The normalized spacial score (nSPS) is 15.9. The van der Waals surface area contributed by atoms with E-state index in [0.29, 0.717) is 45.1 Å². The van der Waals surface area contributed by atoms with Gasteiger partial charge in [-0.05, 0) is 55.2 Å². The number of thioether (sulfide) groups is 1. The number of hydrogen-bond donors (Lipinski definition) is 1. The molecule has 6 rings (SSSR count). The molecule has 0 saturated carbocycles. The van der Waals surface area contributed by atoms with Gasteiger partial charge in [0.15, 0.2) is 21.6 Å². The fourth-order valence-electron chi connectivity index (χ4n) is 5.60. The van der Waals surface area contributed by atoms with E-state index in [1.165, 1.54) is 35.1 Å². The summed E-state index contributed by atoms with van der Waals surface area (Å²) in [6, 6.07) is 18.0. The number of hydrogen-bond acceptors (Lipinski definition) is 10. The largest absolute Gasteiger partial charge is 0.505 e. The number of Topliss-reactive ketones (excluding diaryl/α,β-unsaturated/α-hetero) is 1. The van der Waals surface area contributed by atoms with Gasteiger partial charge in [0.2, 0.25) is 5.13 Å². The lowest BCUT2D eigenvalue weighted by atomic mass is 9.96. The van der Waals surface area contributed by atoms with Crippen molar-refractivity contribution in [2.75, 3.05) is 18.6 Å². The number of imidazole rings is 1. The molecule has 0 aliphatic carbocycles. The van der Waals surface area contributed by atoms with Gasteiger partial charge in [-0.25, -0.2) is 4.98 Å². The van der Waals surface area contributed by atoms with Gasteiger partial charge < -0.3 is 19.0 Å². The molecule has 1 unspecified atom stereocenters. The van der Waals surface area contributed by atoms with Crippen LogP contribution >= 0.6 is 23.1 Å². The van der Waals surface area contributed by atoms with E-state index in [4.69, 9.17) is 14.5 Å². The number of pyridine rings is 1. The predicted molar refractivity (Wildman–Crippen MR) is 183 cm³/mol. The highest BCUT2D eigenvalue weighted by Gasteiger charge is 2.49. The van der Waals surface area contributed by atoms with Crippen molar-refractivity contribution in [3.8, 4) is 11.5 Å². The maximum atomic E-state index is 13.9. The van der Waals surface area contributed by atoms with E-state index in [1.54, 1.807) is 18.2 Å². The number of methoxy groups -OCH3 is 1. The minimum Gasteiger partial charge on any atom is -0.505 e. The van der Waals surface area contributed by atoms with Gasteiger partial charge in [0.25, 0.3) is 5.78 Å². The molecule has 10 nitrogen and oxygen atoms in total. The average molecular weight is 670 g/mol. The fourth-order valence-corrected chi connectivity index (χ4v) is 7.43. The van der Waals surface area contributed by atoms with Crippen LogP contribution in [0.15, 0.2) is 76.8 Å². The molecule has 0 bridgehead atoms. The second-order valence-electron chi connectivity index (χ2n) is 11.2. The molecule has 0 radical (unpaired) electrons. The molecular formula is C35H35N5O5S2. The maximum Gasteiger partial charge on any atom is 0.301 e. The zero-order valence-corrected chi connectivity index (χ0v) is 28.2. The van der Waals surface area contributed by atoms with Gasteiger partial charge in [-0.3, -0.25) is 14.5 Å². The molecule has 0 spiro atoms. The van der Waals surface area contributed by atoms with E-state index < -0.39 is 17.7 Å². The number of aliphatic hydroxyl groups is 1. The van der Waals surface area contributed by atoms with Crippen LogP contribution in [0.25, 0.3) is 11.4 Å². The molecule has 3 aromatic heterocycles. The predicted octanol–water partition coefficient (Wildman–Crippen LogP) is 7.30. The number of ether oxygens (including phenoxy) is 2. The topological polar surface area (TPSA) is 119 Å². The van der Waals surface area contributed by atoms with E-state index in [1.807, 2.05) is 66.9 Å².